The lowest BCUT2D eigenvalue weighted by Gasteiger charge is -2.25. The van der Waals surface area contributed by atoms with Gasteiger partial charge in [-0.05, 0) is 29.7 Å². The van der Waals surface area contributed by atoms with Crippen LogP contribution in [0.25, 0.3) is 0 Å². The monoisotopic (exact) mass is 298 g/mol. The van der Waals surface area contributed by atoms with Crippen LogP contribution in [0.4, 0.5) is 0 Å². The molecule has 3 heteroatoms. The molecule has 0 aliphatic carbocycles. The second-order valence-corrected chi connectivity index (χ2v) is 5.68. The molecule has 0 unspecified atom stereocenters. The minimum Gasteiger partial charge on any atom is -0.490 e. The summed E-state index contributed by atoms with van der Waals surface area (Å²) in [6, 6.07) is 6.26. The highest BCUT2D eigenvalue weighted by Crippen LogP contribution is 2.31. The maximum absolute atomic E-state index is 6.10. The van der Waals surface area contributed by atoms with Gasteiger partial charge in [-0.3, -0.25) is 0 Å². The number of halogens is 1. The third-order valence-electron chi connectivity index (χ3n) is 3.06. The summed E-state index contributed by atoms with van der Waals surface area (Å²) in [5.41, 5.74) is 1.27. The smallest absolute Gasteiger partial charge is 0.123 e. The van der Waals surface area contributed by atoms with Gasteiger partial charge in [0.2, 0.25) is 0 Å². The molecule has 0 amide bonds. The predicted octanol–water partition coefficient (Wildman–Crippen LogP) is 4.13. The van der Waals surface area contributed by atoms with Crippen LogP contribution in [0.5, 0.6) is 5.75 Å². The van der Waals surface area contributed by atoms with Crippen LogP contribution in [0.3, 0.4) is 0 Å². The van der Waals surface area contributed by atoms with Crippen LogP contribution in [0.1, 0.15) is 38.2 Å². The SMILES string of the molecule is CC(C)c1cc(Br)ccc1OC1CCOCC1. The van der Waals surface area contributed by atoms with Gasteiger partial charge >= 0.3 is 0 Å². The molecule has 1 aliphatic rings. The van der Waals surface area contributed by atoms with Crippen molar-refractivity contribution in [2.75, 3.05) is 13.2 Å². The quantitative estimate of drug-likeness (QED) is 0.835. The Kier molecular flexibility index (Phi) is 4.46. The molecule has 0 atom stereocenters. The Balaban J connectivity index is 2.13. The Morgan fingerprint density at radius 1 is 1.29 bits per heavy atom. The molecule has 0 spiro atoms. The van der Waals surface area contributed by atoms with Crippen molar-refractivity contribution in [2.24, 2.45) is 0 Å². The molecule has 2 nitrogen and oxygen atoms in total. The summed E-state index contributed by atoms with van der Waals surface area (Å²) in [7, 11) is 0. The molecule has 94 valence electrons. The van der Waals surface area contributed by atoms with E-state index in [2.05, 4.69) is 41.9 Å². The maximum atomic E-state index is 6.10. The zero-order chi connectivity index (χ0) is 12.3. The summed E-state index contributed by atoms with van der Waals surface area (Å²) in [4.78, 5) is 0. The average molecular weight is 299 g/mol. The van der Waals surface area contributed by atoms with Crippen molar-refractivity contribution in [3.05, 3.63) is 28.2 Å². The first-order chi connectivity index (χ1) is 8.16. The topological polar surface area (TPSA) is 18.5 Å². The predicted molar refractivity (Wildman–Crippen MR) is 72.7 cm³/mol. The van der Waals surface area contributed by atoms with E-state index in [1.807, 2.05) is 6.07 Å². The molecule has 1 aliphatic heterocycles. The van der Waals surface area contributed by atoms with E-state index >= 15 is 0 Å². The highest BCUT2D eigenvalue weighted by molar-refractivity contribution is 9.10. The van der Waals surface area contributed by atoms with Crippen molar-refractivity contribution in [1.82, 2.24) is 0 Å². The average Bonchev–Trinajstić information content (AvgIpc) is 2.32. The van der Waals surface area contributed by atoms with Crippen LogP contribution >= 0.6 is 15.9 Å². The Hall–Kier alpha value is -0.540. The minimum absolute atomic E-state index is 0.308. The molecule has 0 radical (unpaired) electrons. The molecule has 0 saturated carbocycles. The Bertz CT molecular complexity index is 370. The van der Waals surface area contributed by atoms with E-state index in [0.29, 0.717) is 12.0 Å². The molecular formula is C14H19BrO2. The number of hydrogen-bond acceptors (Lipinski definition) is 2. The first-order valence-electron chi connectivity index (χ1n) is 6.20. The van der Waals surface area contributed by atoms with E-state index < -0.39 is 0 Å². The zero-order valence-electron chi connectivity index (χ0n) is 10.4. The molecule has 1 fully saturated rings. The summed E-state index contributed by atoms with van der Waals surface area (Å²) >= 11 is 3.51. The molecule has 1 heterocycles. The normalized spacial score (nSPS) is 17.4. The summed E-state index contributed by atoms with van der Waals surface area (Å²) in [5.74, 6) is 1.50. The Morgan fingerprint density at radius 3 is 2.65 bits per heavy atom. The number of rotatable bonds is 3. The summed E-state index contributed by atoms with van der Waals surface area (Å²) in [6.45, 7) is 6.02. The van der Waals surface area contributed by atoms with E-state index in [0.717, 1.165) is 36.3 Å². The van der Waals surface area contributed by atoms with Crippen molar-refractivity contribution in [3.8, 4) is 5.75 Å². The van der Waals surface area contributed by atoms with Crippen molar-refractivity contribution in [1.29, 1.82) is 0 Å². The van der Waals surface area contributed by atoms with Crippen LogP contribution in [0, 0.1) is 0 Å². The minimum atomic E-state index is 0.308. The van der Waals surface area contributed by atoms with E-state index in [1.165, 1.54) is 5.56 Å². The van der Waals surface area contributed by atoms with E-state index in [-0.39, 0.29) is 0 Å². The second-order valence-electron chi connectivity index (χ2n) is 4.77. The molecule has 1 aromatic carbocycles. The van der Waals surface area contributed by atoms with Crippen LogP contribution < -0.4 is 4.74 Å². The van der Waals surface area contributed by atoms with Gasteiger partial charge in [0.1, 0.15) is 11.9 Å². The Morgan fingerprint density at radius 2 is 2.00 bits per heavy atom. The van der Waals surface area contributed by atoms with Gasteiger partial charge in [-0.1, -0.05) is 29.8 Å². The molecule has 0 bridgehead atoms. The van der Waals surface area contributed by atoms with Gasteiger partial charge < -0.3 is 9.47 Å². The van der Waals surface area contributed by atoms with Crippen LogP contribution in [-0.4, -0.2) is 19.3 Å². The fourth-order valence-electron chi connectivity index (χ4n) is 2.05. The van der Waals surface area contributed by atoms with E-state index in [9.17, 15) is 0 Å². The highest BCUT2D eigenvalue weighted by atomic mass is 79.9. The van der Waals surface area contributed by atoms with Gasteiger partial charge in [-0.15, -0.1) is 0 Å². The van der Waals surface area contributed by atoms with Crippen molar-refractivity contribution in [2.45, 2.75) is 38.7 Å². The van der Waals surface area contributed by atoms with Gasteiger partial charge in [0, 0.05) is 17.3 Å². The van der Waals surface area contributed by atoms with E-state index in [4.69, 9.17) is 9.47 Å². The lowest BCUT2D eigenvalue weighted by Crippen LogP contribution is -2.26. The van der Waals surface area contributed by atoms with Gasteiger partial charge in [0.15, 0.2) is 0 Å². The fourth-order valence-corrected chi connectivity index (χ4v) is 2.43. The van der Waals surface area contributed by atoms with E-state index in [1.54, 1.807) is 0 Å². The molecule has 0 aromatic heterocycles. The largest absolute Gasteiger partial charge is 0.490 e. The first-order valence-corrected chi connectivity index (χ1v) is 7.00. The first kappa shape index (κ1) is 12.9. The highest BCUT2D eigenvalue weighted by Gasteiger charge is 2.17. The zero-order valence-corrected chi connectivity index (χ0v) is 12.0. The summed E-state index contributed by atoms with van der Waals surface area (Å²) in [5, 5.41) is 0. The van der Waals surface area contributed by atoms with Crippen molar-refractivity contribution in [3.63, 3.8) is 0 Å². The van der Waals surface area contributed by atoms with Gasteiger partial charge in [0.25, 0.3) is 0 Å². The summed E-state index contributed by atoms with van der Waals surface area (Å²) < 4.78 is 12.6. The molecular weight excluding hydrogens is 280 g/mol. The van der Waals surface area contributed by atoms with Crippen molar-refractivity contribution < 1.29 is 9.47 Å². The molecule has 0 N–H and O–H groups in total. The lowest BCUT2D eigenvalue weighted by molar-refractivity contribution is 0.0251. The van der Waals surface area contributed by atoms with Gasteiger partial charge in [-0.2, -0.15) is 0 Å². The van der Waals surface area contributed by atoms with Crippen molar-refractivity contribution >= 4 is 15.9 Å². The fraction of sp³-hybridized carbons (Fsp3) is 0.571. The number of hydrogen-bond donors (Lipinski definition) is 0. The Labute approximate surface area is 111 Å². The third-order valence-corrected chi connectivity index (χ3v) is 3.55. The molecule has 17 heavy (non-hydrogen) atoms. The van der Waals surface area contributed by atoms with Gasteiger partial charge in [-0.25, -0.2) is 0 Å². The second kappa shape index (κ2) is 5.87. The lowest BCUT2D eigenvalue weighted by atomic mass is 10.0. The van der Waals surface area contributed by atoms with Crippen LogP contribution in [0.2, 0.25) is 0 Å². The maximum Gasteiger partial charge on any atom is 0.123 e. The van der Waals surface area contributed by atoms with Crippen LogP contribution in [-0.2, 0) is 4.74 Å². The molecule has 1 saturated heterocycles. The number of ether oxygens (including phenoxy) is 2. The standard InChI is InChI=1S/C14H19BrO2/c1-10(2)13-9-11(15)3-4-14(13)17-12-5-7-16-8-6-12/h3-4,9-10,12H,5-8H2,1-2H3. The number of benzene rings is 1. The van der Waals surface area contributed by atoms with Gasteiger partial charge in [0.05, 0.1) is 13.2 Å². The summed E-state index contributed by atoms with van der Waals surface area (Å²) in [6.07, 6.45) is 2.30. The third kappa shape index (κ3) is 3.46. The molecule has 2 rings (SSSR count). The molecule has 1 aromatic rings. The van der Waals surface area contributed by atoms with Crippen LogP contribution in [0.15, 0.2) is 22.7 Å².